The van der Waals surface area contributed by atoms with Gasteiger partial charge in [-0.3, -0.25) is 0 Å². The molecule has 0 saturated heterocycles. The van der Waals surface area contributed by atoms with E-state index >= 15 is 0 Å². The highest BCUT2D eigenvalue weighted by Gasteiger charge is 2.08. The van der Waals surface area contributed by atoms with Crippen LogP contribution >= 0.6 is 15.9 Å². The number of nitrogens with zero attached hydrogens (tertiary/aromatic N) is 1. The Balaban J connectivity index is 2.41. The van der Waals surface area contributed by atoms with Crippen LogP contribution in [-0.4, -0.2) is 37.0 Å². The number of methoxy groups -OCH3 is 1. The molecule has 1 atom stereocenters. The zero-order chi connectivity index (χ0) is 12.7. The number of halogens is 1. The molecule has 0 radical (unpaired) electrons. The summed E-state index contributed by atoms with van der Waals surface area (Å²) in [5, 5.41) is 0. The Morgan fingerprint density at radius 3 is 2.35 bits per heavy atom. The average Bonchev–Trinajstić information content (AvgIpc) is 2.30. The molecule has 0 aromatic heterocycles. The standard InChI is InChI=1S/C14H22BrNO/c1-4-12-5-7-13(8-6-12)9-16(2)10-14(15)11-17-3/h5-8,14H,4,9-11H2,1-3H3. The lowest BCUT2D eigenvalue weighted by Crippen LogP contribution is -2.27. The van der Waals surface area contributed by atoms with Gasteiger partial charge in [-0.15, -0.1) is 0 Å². The maximum absolute atomic E-state index is 5.11. The van der Waals surface area contributed by atoms with E-state index in [9.17, 15) is 0 Å². The van der Waals surface area contributed by atoms with Crippen LogP contribution in [0, 0.1) is 0 Å². The van der Waals surface area contributed by atoms with Gasteiger partial charge in [0, 0.05) is 20.2 Å². The van der Waals surface area contributed by atoms with Crippen molar-refractivity contribution < 1.29 is 4.74 Å². The summed E-state index contributed by atoms with van der Waals surface area (Å²) >= 11 is 3.61. The normalized spacial score (nSPS) is 13.0. The van der Waals surface area contributed by atoms with Crippen LogP contribution in [0.4, 0.5) is 0 Å². The molecule has 2 nitrogen and oxygen atoms in total. The van der Waals surface area contributed by atoms with Crippen molar-refractivity contribution in [2.24, 2.45) is 0 Å². The van der Waals surface area contributed by atoms with Gasteiger partial charge in [-0.1, -0.05) is 47.1 Å². The minimum absolute atomic E-state index is 0.396. The van der Waals surface area contributed by atoms with Gasteiger partial charge in [0.2, 0.25) is 0 Å². The molecule has 0 bridgehead atoms. The predicted octanol–water partition coefficient (Wildman–Crippen LogP) is 3.09. The Kier molecular flexibility index (Phi) is 6.78. The Morgan fingerprint density at radius 2 is 1.82 bits per heavy atom. The first-order valence-corrected chi connectivity index (χ1v) is 6.96. The number of aryl methyl sites for hydroxylation is 1. The van der Waals surface area contributed by atoms with E-state index in [0.29, 0.717) is 4.83 Å². The molecule has 1 unspecified atom stereocenters. The van der Waals surface area contributed by atoms with Crippen molar-refractivity contribution in [2.45, 2.75) is 24.7 Å². The Hall–Kier alpha value is -0.380. The molecule has 0 aliphatic carbocycles. The third-order valence-corrected chi connectivity index (χ3v) is 3.29. The Bertz CT molecular complexity index is 313. The molecule has 0 N–H and O–H groups in total. The molecule has 0 heterocycles. The highest BCUT2D eigenvalue weighted by molar-refractivity contribution is 9.09. The lowest BCUT2D eigenvalue weighted by atomic mass is 10.1. The van der Waals surface area contributed by atoms with Crippen molar-refractivity contribution in [2.75, 3.05) is 27.3 Å². The second-order valence-corrected chi connectivity index (χ2v) is 5.71. The van der Waals surface area contributed by atoms with Crippen LogP contribution in [0.15, 0.2) is 24.3 Å². The van der Waals surface area contributed by atoms with E-state index < -0.39 is 0 Å². The second-order valence-electron chi connectivity index (χ2n) is 4.42. The van der Waals surface area contributed by atoms with Crippen LogP contribution in [0.5, 0.6) is 0 Å². The van der Waals surface area contributed by atoms with E-state index in [-0.39, 0.29) is 0 Å². The van der Waals surface area contributed by atoms with Crippen molar-refractivity contribution >= 4 is 15.9 Å². The molecule has 1 rings (SSSR count). The second kappa shape index (κ2) is 7.85. The number of ether oxygens (including phenoxy) is 1. The average molecular weight is 300 g/mol. The first-order chi connectivity index (χ1) is 8.15. The molecule has 0 aliphatic heterocycles. The highest BCUT2D eigenvalue weighted by Crippen LogP contribution is 2.09. The van der Waals surface area contributed by atoms with Gasteiger partial charge >= 0.3 is 0 Å². The predicted molar refractivity (Wildman–Crippen MR) is 76.7 cm³/mol. The Morgan fingerprint density at radius 1 is 1.24 bits per heavy atom. The van der Waals surface area contributed by atoms with Crippen molar-refractivity contribution in [1.29, 1.82) is 0 Å². The van der Waals surface area contributed by atoms with Crippen LogP contribution in [-0.2, 0) is 17.7 Å². The molecule has 0 spiro atoms. The minimum atomic E-state index is 0.396. The van der Waals surface area contributed by atoms with Gasteiger partial charge in [-0.05, 0) is 24.6 Å². The van der Waals surface area contributed by atoms with E-state index in [1.807, 2.05) is 0 Å². The smallest absolute Gasteiger partial charge is 0.0600 e. The van der Waals surface area contributed by atoms with E-state index in [0.717, 1.165) is 26.1 Å². The molecule has 17 heavy (non-hydrogen) atoms. The van der Waals surface area contributed by atoms with E-state index in [1.165, 1.54) is 11.1 Å². The fraction of sp³-hybridized carbons (Fsp3) is 0.571. The topological polar surface area (TPSA) is 12.5 Å². The molecule has 0 saturated carbocycles. The number of alkyl halides is 1. The first-order valence-electron chi connectivity index (χ1n) is 6.05. The number of benzene rings is 1. The molecule has 0 aliphatic rings. The first kappa shape index (κ1) is 14.7. The lowest BCUT2D eigenvalue weighted by molar-refractivity contribution is 0.185. The summed E-state index contributed by atoms with van der Waals surface area (Å²) in [5.41, 5.74) is 2.76. The van der Waals surface area contributed by atoms with Gasteiger partial charge in [0.15, 0.2) is 0 Å². The van der Waals surface area contributed by atoms with Crippen molar-refractivity contribution in [3.63, 3.8) is 0 Å². The number of hydrogen-bond donors (Lipinski definition) is 0. The summed E-state index contributed by atoms with van der Waals surface area (Å²) in [6.07, 6.45) is 1.10. The molecule has 0 amide bonds. The van der Waals surface area contributed by atoms with Crippen LogP contribution in [0.2, 0.25) is 0 Å². The fourth-order valence-corrected chi connectivity index (χ4v) is 2.59. The molecule has 1 aromatic rings. The van der Waals surface area contributed by atoms with Crippen LogP contribution in [0.25, 0.3) is 0 Å². The zero-order valence-corrected chi connectivity index (χ0v) is 12.5. The largest absolute Gasteiger partial charge is 0.383 e. The van der Waals surface area contributed by atoms with Crippen LogP contribution < -0.4 is 0 Å². The quantitative estimate of drug-likeness (QED) is 0.718. The molecule has 0 fully saturated rings. The van der Waals surface area contributed by atoms with Crippen LogP contribution in [0.1, 0.15) is 18.1 Å². The van der Waals surface area contributed by atoms with Crippen molar-refractivity contribution in [3.8, 4) is 0 Å². The summed E-state index contributed by atoms with van der Waals surface area (Å²) in [6.45, 7) is 4.90. The monoisotopic (exact) mass is 299 g/mol. The number of hydrogen-bond acceptors (Lipinski definition) is 2. The van der Waals surface area contributed by atoms with Crippen molar-refractivity contribution in [1.82, 2.24) is 4.90 Å². The van der Waals surface area contributed by atoms with Gasteiger partial charge in [0.05, 0.1) is 11.4 Å². The molecular formula is C14H22BrNO. The lowest BCUT2D eigenvalue weighted by Gasteiger charge is -2.20. The maximum Gasteiger partial charge on any atom is 0.0600 e. The molecule has 96 valence electrons. The number of rotatable bonds is 7. The van der Waals surface area contributed by atoms with E-state index in [1.54, 1.807) is 7.11 Å². The van der Waals surface area contributed by atoms with E-state index in [4.69, 9.17) is 4.74 Å². The van der Waals surface area contributed by atoms with Gasteiger partial charge in [-0.2, -0.15) is 0 Å². The SMILES string of the molecule is CCc1ccc(CN(C)CC(Br)COC)cc1. The van der Waals surface area contributed by atoms with Gasteiger partial charge < -0.3 is 9.64 Å². The van der Waals surface area contributed by atoms with Gasteiger partial charge in [0.25, 0.3) is 0 Å². The zero-order valence-electron chi connectivity index (χ0n) is 10.9. The minimum Gasteiger partial charge on any atom is -0.383 e. The maximum atomic E-state index is 5.11. The summed E-state index contributed by atoms with van der Waals surface area (Å²) in [6, 6.07) is 8.86. The summed E-state index contributed by atoms with van der Waals surface area (Å²) in [7, 11) is 3.87. The van der Waals surface area contributed by atoms with Crippen LogP contribution in [0.3, 0.4) is 0 Å². The summed E-state index contributed by atoms with van der Waals surface area (Å²) in [4.78, 5) is 2.70. The molecular weight excluding hydrogens is 278 g/mol. The summed E-state index contributed by atoms with van der Waals surface area (Å²) in [5.74, 6) is 0. The van der Waals surface area contributed by atoms with E-state index in [2.05, 4.69) is 59.1 Å². The third kappa shape index (κ3) is 5.66. The fourth-order valence-electron chi connectivity index (χ4n) is 1.83. The third-order valence-electron chi connectivity index (χ3n) is 2.74. The molecule has 1 aromatic carbocycles. The Labute approximate surface area is 113 Å². The van der Waals surface area contributed by atoms with Gasteiger partial charge in [0.1, 0.15) is 0 Å². The van der Waals surface area contributed by atoms with Crippen molar-refractivity contribution in [3.05, 3.63) is 35.4 Å². The highest BCUT2D eigenvalue weighted by atomic mass is 79.9. The van der Waals surface area contributed by atoms with Gasteiger partial charge in [-0.25, -0.2) is 0 Å². The summed E-state index contributed by atoms with van der Waals surface area (Å²) < 4.78 is 5.11. The molecule has 3 heteroatoms.